The van der Waals surface area contributed by atoms with E-state index in [1.807, 2.05) is 72.8 Å². The molecule has 0 saturated carbocycles. The van der Waals surface area contributed by atoms with Crippen LogP contribution >= 0.6 is 0 Å². The van der Waals surface area contributed by atoms with E-state index in [1.165, 1.54) is 0 Å². The lowest BCUT2D eigenvalue weighted by Gasteiger charge is -2.31. The lowest BCUT2D eigenvalue weighted by atomic mass is 10.0. The van der Waals surface area contributed by atoms with Gasteiger partial charge >= 0.3 is 0 Å². The van der Waals surface area contributed by atoms with E-state index in [2.05, 4.69) is 5.32 Å². The highest BCUT2D eigenvalue weighted by molar-refractivity contribution is 5.93. The minimum absolute atomic E-state index is 0.0919. The summed E-state index contributed by atoms with van der Waals surface area (Å²) in [6, 6.07) is 22.7. The Morgan fingerprint density at radius 1 is 0.897 bits per heavy atom. The molecule has 0 unspecified atom stereocenters. The highest BCUT2D eigenvalue weighted by atomic mass is 16.5. The summed E-state index contributed by atoms with van der Waals surface area (Å²) in [4.78, 5) is 27.8. The van der Waals surface area contributed by atoms with Crippen LogP contribution in [0.2, 0.25) is 0 Å². The molecule has 1 heterocycles. The SMILES string of the molecule is O=C(Cc1cccc2ccccc12)N[C@@H](C(=O)N1CCOCC1)c1ccccc1. The molecule has 29 heavy (non-hydrogen) atoms. The van der Waals surface area contributed by atoms with Crippen LogP contribution in [-0.2, 0) is 20.7 Å². The Kier molecular flexibility index (Phi) is 5.86. The first-order chi connectivity index (χ1) is 14.2. The monoisotopic (exact) mass is 388 g/mol. The number of nitrogens with one attached hydrogen (secondary N) is 1. The maximum atomic E-state index is 13.2. The zero-order valence-electron chi connectivity index (χ0n) is 16.2. The maximum absolute atomic E-state index is 13.2. The first-order valence-electron chi connectivity index (χ1n) is 9.90. The Bertz CT molecular complexity index is 992. The van der Waals surface area contributed by atoms with Crippen LogP contribution in [0.5, 0.6) is 0 Å². The second-order valence-electron chi connectivity index (χ2n) is 7.16. The fourth-order valence-corrected chi connectivity index (χ4v) is 3.73. The van der Waals surface area contributed by atoms with Gasteiger partial charge in [-0.1, -0.05) is 72.8 Å². The van der Waals surface area contributed by atoms with Crippen molar-refractivity contribution in [2.75, 3.05) is 26.3 Å². The van der Waals surface area contributed by atoms with Crippen LogP contribution in [0.1, 0.15) is 17.2 Å². The molecule has 3 aromatic rings. The van der Waals surface area contributed by atoms with Gasteiger partial charge < -0.3 is 15.0 Å². The van der Waals surface area contributed by atoms with Crippen LogP contribution in [0.4, 0.5) is 0 Å². The molecule has 0 aliphatic carbocycles. The molecule has 1 aliphatic heterocycles. The molecule has 0 spiro atoms. The minimum Gasteiger partial charge on any atom is -0.378 e. The number of morpholine rings is 1. The zero-order chi connectivity index (χ0) is 20.1. The van der Waals surface area contributed by atoms with Crippen LogP contribution < -0.4 is 5.32 Å². The number of fused-ring (bicyclic) bond motifs is 1. The number of amides is 2. The fraction of sp³-hybridized carbons (Fsp3) is 0.250. The number of nitrogens with zero attached hydrogens (tertiary/aromatic N) is 1. The number of hydrogen-bond acceptors (Lipinski definition) is 3. The zero-order valence-corrected chi connectivity index (χ0v) is 16.2. The van der Waals surface area contributed by atoms with E-state index in [0.29, 0.717) is 26.3 Å². The Hall–Kier alpha value is -3.18. The second-order valence-corrected chi connectivity index (χ2v) is 7.16. The molecule has 148 valence electrons. The van der Waals surface area contributed by atoms with Gasteiger partial charge in [0.1, 0.15) is 6.04 Å². The first-order valence-corrected chi connectivity index (χ1v) is 9.90. The van der Waals surface area contributed by atoms with Crippen LogP contribution in [-0.4, -0.2) is 43.0 Å². The minimum atomic E-state index is -0.697. The fourth-order valence-electron chi connectivity index (χ4n) is 3.73. The van der Waals surface area contributed by atoms with E-state index >= 15 is 0 Å². The topological polar surface area (TPSA) is 58.6 Å². The number of carbonyl (C=O) groups excluding carboxylic acids is 2. The molecule has 1 fully saturated rings. The summed E-state index contributed by atoms with van der Waals surface area (Å²) in [5, 5.41) is 5.13. The molecule has 1 atom stereocenters. The smallest absolute Gasteiger partial charge is 0.249 e. The third-order valence-electron chi connectivity index (χ3n) is 5.24. The van der Waals surface area contributed by atoms with Gasteiger partial charge in [-0.25, -0.2) is 0 Å². The van der Waals surface area contributed by atoms with Crippen LogP contribution in [0.15, 0.2) is 72.8 Å². The van der Waals surface area contributed by atoms with Crippen molar-refractivity contribution in [3.63, 3.8) is 0 Å². The summed E-state index contributed by atoms with van der Waals surface area (Å²) in [5.74, 6) is -0.261. The summed E-state index contributed by atoms with van der Waals surface area (Å²) in [5.41, 5.74) is 1.74. The van der Waals surface area contributed by atoms with E-state index in [4.69, 9.17) is 4.74 Å². The van der Waals surface area contributed by atoms with E-state index < -0.39 is 6.04 Å². The molecule has 0 radical (unpaired) electrons. The van der Waals surface area contributed by atoms with Gasteiger partial charge in [0.15, 0.2) is 0 Å². The number of hydrogen-bond donors (Lipinski definition) is 1. The summed E-state index contributed by atoms with van der Waals surface area (Å²) in [6.07, 6.45) is 0.223. The van der Waals surface area contributed by atoms with Crippen molar-refractivity contribution >= 4 is 22.6 Å². The van der Waals surface area contributed by atoms with Gasteiger partial charge in [-0.15, -0.1) is 0 Å². The van der Waals surface area contributed by atoms with Gasteiger partial charge in [-0.05, 0) is 21.9 Å². The predicted molar refractivity (Wildman–Crippen MR) is 112 cm³/mol. The van der Waals surface area contributed by atoms with Crippen LogP contribution in [0.25, 0.3) is 10.8 Å². The van der Waals surface area contributed by atoms with Gasteiger partial charge in [0, 0.05) is 13.1 Å². The standard InChI is InChI=1S/C24H24N2O3/c27-22(17-20-11-6-10-18-7-4-5-12-21(18)20)25-23(19-8-2-1-3-9-19)24(28)26-13-15-29-16-14-26/h1-12,23H,13-17H2,(H,25,27)/t23-/m1/s1. The van der Waals surface area contributed by atoms with Gasteiger partial charge in [-0.3, -0.25) is 9.59 Å². The largest absolute Gasteiger partial charge is 0.378 e. The highest BCUT2D eigenvalue weighted by Crippen LogP contribution is 2.21. The van der Waals surface area contributed by atoms with Crippen LogP contribution in [0, 0.1) is 0 Å². The van der Waals surface area contributed by atoms with Gasteiger partial charge in [0.2, 0.25) is 11.8 Å². The number of rotatable bonds is 5. The van der Waals surface area contributed by atoms with Crippen molar-refractivity contribution < 1.29 is 14.3 Å². The molecule has 0 aromatic heterocycles. The highest BCUT2D eigenvalue weighted by Gasteiger charge is 2.28. The molecular weight excluding hydrogens is 364 g/mol. The molecule has 5 nitrogen and oxygen atoms in total. The van der Waals surface area contributed by atoms with Crippen molar-refractivity contribution in [1.82, 2.24) is 10.2 Å². The Balaban J connectivity index is 1.55. The van der Waals surface area contributed by atoms with Crippen molar-refractivity contribution in [2.24, 2.45) is 0 Å². The van der Waals surface area contributed by atoms with Crippen molar-refractivity contribution in [1.29, 1.82) is 0 Å². The first kappa shape index (κ1) is 19.2. The Labute approximate surface area is 170 Å². The van der Waals surface area contributed by atoms with Gasteiger partial charge in [0.25, 0.3) is 0 Å². The van der Waals surface area contributed by atoms with Crippen LogP contribution in [0.3, 0.4) is 0 Å². The van der Waals surface area contributed by atoms with Crippen molar-refractivity contribution in [3.8, 4) is 0 Å². The van der Waals surface area contributed by atoms with E-state index in [1.54, 1.807) is 4.90 Å². The van der Waals surface area contributed by atoms with E-state index in [9.17, 15) is 9.59 Å². The summed E-state index contributed by atoms with van der Waals surface area (Å²) >= 11 is 0. The molecule has 2 amide bonds. The lowest BCUT2D eigenvalue weighted by Crippen LogP contribution is -2.47. The van der Waals surface area contributed by atoms with E-state index in [0.717, 1.165) is 21.9 Å². The van der Waals surface area contributed by atoms with Crippen molar-refractivity contribution in [2.45, 2.75) is 12.5 Å². The molecule has 1 N–H and O–H groups in total. The average Bonchev–Trinajstić information content (AvgIpc) is 2.78. The maximum Gasteiger partial charge on any atom is 0.249 e. The second kappa shape index (κ2) is 8.88. The Morgan fingerprint density at radius 3 is 2.38 bits per heavy atom. The average molecular weight is 388 g/mol. The molecule has 1 aliphatic rings. The van der Waals surface area contributed by atoms with Crippen molar-refractivity contribution in [3.05, 3.63) is 83.9 Å². The summed E-state index contributed by atoms with van der Waals surface area (Å²) in [7, 11) is 0. The van der Waals surface area contributed by atoms with Gasteiger partial charge in [-0.2, -0.15) is 0 Å². The number of benzene rings is 3. The number of ether oxygens (including phenoxy) is 1. The molecule has 5 heteroatoms. The number of carbonyl (C=O) groups is 2. The molecule has 1 saturated heterocycles. The third-order valence-corrected chi connectivity index (χ3v) is 5.24. The molecular formula is C24H24N2O3. The Morgan fingerprint density at radius 2 is 1.59 bits per heavy atom. The summed E-state index contributed by atoms with van der Waals surface area (Å²) in [6.45, 7) is 2.14. The molecule has 3 aromatic carbocycles. The van der Waals surface area contributed by atoms with Gasteiger partial charge in [0.05, 0.1) is 19.6 Å². The molecule has 0 bridgehead atoms. The third kappa shape index (κ3) is 4.46. The summed E-state index contributed by atoms with van der Waals surface area (Å²) < 4.78 is 5.36. The van der Waals surface area contributed by atoms with E-state index in [-0.39, 0.29) is 18.2 Å². The lowest BCUT2D eigenvalue weighted by molar-refractivity contribution is -0.140. The predicted octanol–water partition coefficient (Wildman–Crippen LogP) is 3.10. The quantitative estimate of drug-likeness (QED) is 0.731. The molecule has 4 rings (SSSR count). The normalized spacial score (nSPS) is 15.1.